The van der Waals surface area contributed by atoms with Gasteiger partial charge in [-0.05, 0) is 50.1 Å². The number of carbonyl (C=O) groups is 1. The van der Waals surface area contributed by atoms with Gasteiger partial charge in [-0.2, -0.15) is 4.31 Å². The molecule has 1 N–H and O–H groups in total. The lowest BCUT2D eigenvalue weighted by atomic mass is 9.96. The fourth-order valence-corrected chi connectivity index (χ4v) is 5.57. The predicted molar refractivity (Wildman–Crippen MR) is 117 cm³/mol. The summed E-state index contributed by atoms with van der Waals surface area (Å²) in [6, 6.07) is 11.4. The third-order valence-corrected chi connectivity index (χ3v) is 7.84. The molecule has 2 heterocycles. The average Bonchev–Trinajstić information content (AvgIpc) is 3.23. The number of fused-ring (bicyclic) bond motifs is 1. The number of carbonyl (C=O) groups excluding carboxylic acids is 1. The van der Waals surface area contributed by atoms with E-state index in [1.807, 2.05) is 35.7 Å². The topological polar surface area (TPSA) is 96.7 Å². The molecule has 0 radical (unpaired) electrons. The molecule has 1 unspecified atom stereocenters. The SMILES string of the molecule is CC(NC(=O)c1cccc(S(=O)(=O)N(C)C2CCCCC2)c1)c1nnc2ccccn12. The van der Waals surface area contributed by atoms with Crippen molar-refractivity contribution < 1.29 is 13.2 Å². The fraction of sp³-hybridized carbons (Fsp3) is 0.409. The Morgan fingerprint density at radius 1 is 1.13 bits per heavy atom. The largest absolute Gasteiger partial charge is 0.342 e. The highest BCUT2D eigenvalue weighted by Crippen LogP contribution is 2.27. The summed E-state index contributed by atoms with van der Waals surface area (Å²) in [6.45, 7) is 1.82. The minimum atomic E-state index is -3.67. The van der Waals surface area contributed by atoms with Crippen molar-refractivity contribution in [3.05, 3.63) is 60.0 Å². The molecule has 1 fully saturated rings. The summed E-state index contributed by atoms with van der Waals surface area (Å²) < 4.78 is 29.5. The van der Waals surface area contributed by atoms with E-state index in [1.165, 1.54) is 10.4 Å². The minimum absolute atomic E-state index is 0.0116. The van der Waals surface area contributed by atoms with Crippen molar-refractivity contribution in [1.82, 2.24) is 24.2 Å². The van der Waals surface area contributed by atoms with Crippen molar-refractivity contribution in [2.45, 2.75) is 56.0 Å². The number of hydrogen-bond donors (Lipinski definition) is 1. The van der Waals surface area contributed by atoms with E-state index in [2.05, 4.69) is 15.5 Å². The standard InChI is InChI=1S/C22H27N5O3S/c1-16(21-25-24-20-13-6-7-14-27(20)21)23-22(28)17-9-8-12-19(15-17)31(29,30)26(2)18-10-4-3-5-11-18/h6-9,12-16,18H,3-5,10-11H2,1-2H3,(H,23,28). The highest BCUT2D eigenvalue weighted by atomic mass is 32.2. The zero-order valence-corrected chi connectivity index (χ0v) is 18.5. The van der Waals surface area contributed by atoms with Gasteiger partial charge in [-0.15, -0.1) is 10.2 Å². The number of nitrogens with zero attached hydrogens (tertiary/aromatic N) is 4. The Labute approximate surface area is 182 Å². The molecule has 31 heavy (non-hydrogen) atoms. The summed E-state index contributed by atoms with van der Waals surface area (Å²) in [5.41, 5.74) is 0.983. The summed E-state index contributed by atoms with van der Waals surface area (Å²) in [4.78, 5) is 13.0. The van der Waals surface area contributed by atoms with Crippen LogP contribution >= 0.6 is 0 Å². The summed E-state index contributed by atoms with van der Waals surface area (Å²) >= 11 is 0. The Bertz CT molecular complexity index is 1180. The number of benzene rings is 1. The third kappa shape index (κ3) is 4.33. The number of aromatic nitrogens is 3. The van der Waals surface area contributed by atoms with E-state index >= 15 is 0 Å². The van der Waals surface area contributed by atoms with Crippen LogP contribution in [0.4, 0.5) is 0 Å². The number of rotatable bonds is 6. The van der Waals surface area contributed by atoms with Crippen LogP contribution in [-0.4, -0.2) is 46.3 Å². The van der Waals surface area contributed by atoms with Gasteiger partial charge in [0.25, 0.3) is 5.91 Å². The molecule has 1 aliphatic carbocycles. The van der Waals surface area contributed by atoms with Crippen LogP contribution in [0.2, 0.25) is 0 Å². The first-order valence-electron chi connectivity index (χ1n) is 10.6. The van der Waals surface area contributed by atoms with Crippen molar-refractivity contribution in [3.8, 4) is 0 Å². The average molecular weight is 442 g/mol. The molecular formula is C22H27N5O3S. The molecule has 3 aromatic rings. The summed E-state index contributed by atoms with van der Waals surface area (Å²) in [5.74, 6) is 0.238. The first kappa shape index (κ1) is 21.5. The minimum Gasteiger partial charge on any atom is -0.342 e. The van der Waals surface area contributed by atoms with E-state index < -0.39 is 16.1 Å². The second kappa shape index (κ2) is 8.76. The van der Waals surface area contributed by atoms with E-state index in [0.29, 0.717) is 17.0 Å². The second-order valence-corrected chi connectivity index (χ2v) is 10.0. The Morgan fingerprint density at radius 3 is 2.68 bits per heavy atom. The number of nitrogens with one attached hydrogen (secondary N) is 1. The molecule has 0 bridgehead atoms. The molecule has 9 heteroatoms. The maximum atomic E-state index is 13.1. The van der Waals surface area contributed by atoms with Gasteiger partial charge in [-0.3, -0.25) is 9.20 Å². The predicted octanol–water partition coefficient (Wildman–Crippen LogP) is 3.17. The summed E-state index contributed by atoms with van der Waals surface area (Å²) in [5, 5.41) is 11.2. The maximum absolute atomic E-state index is 13.1. The Balaban J connectivity index is 1.52. The van der Waals surface area contributed by atoms with E-state index in [9.17, 15) is 13.2 Å². The van der Waals surface area contributed by atoms with Gasteiger partial charge in [0.2, 0.25) is 10.0 Å². The van der Waals surface area contributed by atoms with Gasteiger partial charge in [-0.25, -0.2) is 8.42 Å². The number of pyridine rings is 1. The molecule has 2 aromatic heterocycles. The van der Waals surface area contributed by atoms with Crippen molar-refractivity contribution in [2.24, 2.45) is 0 Å². The van der Waals surface area contributed by atoms with Crippen LogP contribution in [0.3, 0.4) is 0 Å². The molecule has 0 aliphatic heterocycles. The zero-order valence-electron chi connectivity index (χ0n) is 17.7. The van der Waals surface area contributed by atoms with Gasteiger partial charge in [-0.1, -0.05) is 31.4 Å². The first-order chi connectivity index (χ1) is 14.9. The van der Waals surface area contributed by atoms with Crippen LogP contribution in [0.1, 0.15) is 61.3 Å². The fourth-order valence-electron chi connectivity index (χ4n) is 4.10. The number of hydrogen-bond acceptors (Lipinski definition) is 5. The van der Waals surface area contributed by atoms with E-state index in [0.717, 1.165) is 32.1 Å². The number of amides is 1. The lowest BCUT2D eigenvalue weighted by Gasteiger charge is -2.30. The van der Waals surface area contributed by atoms with Crippen molar-refractivity contribution in [3.63, 3.8) is 0 Å². The second-order valence-electron chi connectivity index (χ2n) is 8.02. The first-order valence-corrected chi connectivity index (χ1v) is 12.0. The lowest BCUT2D eigenvalue weighted by Crippen LogP contribution is -2.38. The molecule has 1 aromatic carbocycles. The van der Waals surface area contributed by atoms with Crippen molar-refractivity contribution in [2.75, 3.05) is 7.05 Å². The molecular weight excluding hydrogens is 414 g/mol. The van der Waals surface area contributed by atoms with Gasteiger partial charge in [0.1, 0.15) is 0 Å². The van der Waals surface area contributed by atoms with Crippen LogP contribution in [0.15, 0.2) is 53.6 Å². The summed E-state index contributed by atoms with van der Waals surface area (Å²) in [6.07, 6.45) is 6.82. The molecule has 1 amide bonds. The van der Waals surface area contributed by atoms with Crippen LogP contribution in [0.5, 0.6) is 0 Å². The normalized spacial score (nSPS) is 16.5. The molecule has 1 atom stereocenters. The lowest BCUT2D eigenvalue weighted by molar-refractivity contribution is 0.0938. The molecule has 8 nitrogen and oxygen atoms in total. The Kier molecular flexibility index (Phi) is 6.06. The van der Waals surface area contributed by atoms with E-state index in [-0.39, 0.29) is 16.8 Å². The molecule has 1 saturated carbocycles. The third-order valence-electron chi connectivity index (χ3n) is 5.94. The quantitative estimate of drug-likeness (QED) is 0.634. The molecule has 164 valence electrons. The van der Waals surface area contributed by atoms with Gasteiger partial charge >= 0.3 is 0 Å². The van der Waals surface area contributed by atoms with E-state index in [4.69, 9.17) is 0 Å². The summed E-state index contributed by atoms with van der Waals surface area (Å²) in [7, 11) is -2.03. The Hall–Kier alpha value is -2.78. The van der Waals surface area contributed by atoms with Crippen LogP contribution in [0.25, 0.3) is 5.65 Å². The molecule has 4 rings (SSSR count). The maximum Gasteiger partial charge on any atom is 0.251 e. The van der Waals surface area contributed by atoms with Gasteiger partial charge in [0.15, 0.2) is 11.5 Å². The van der Waals surface area contributed by atoms with Crippen molar-refractivity contribution in [1.29, 1.82) is 0 Å². The highest BCUT2D eigenvalue weighted by molar-refractivity contribution is 7.89. The molecule has 0 saturated heterocycles. The van der Waals surface area contributed by atoms with Crippen molar-refractivity contribution >= 4 is 21.6 Å². The molecule has 1 aliphatic rings. The Morgan fingerprint density at radius 2 is 1.90 bits per heavy atom. The van der Waals surface area contributed by atoms with Gasteiger partial charge in [0, 0.05) is 24.8 Å². The smallest absolute Gasteiger partial charge is 0.251 e. The monoisotopic (exact) mass is 441 g/mol. The highest BCUT2D eigenvalue weighted by Gasteiger charge is 2.29. The number of sulfonamides is 1. The zero-order chi connectivity index (χ0) is 22.0. The van der Waals surface area contributed by atoms with E-state index in [1.54, 1.807) is 25.2 Å². The van der Waals surface area contributed by atoms with Crippen LogP contribution in [0, 0.1) is 0 Å². The van der Waals surface area contributed by atoms with Crippen LogP contribution in [-0.2, 0) is 10.0 Å². The van der Waals surface area contributed by atoms with Gasteiger partial charge < -0.3 is 5.32 Å². The van der Waals surface area contributed by atoms with Crippen LogP contribution < -0.4 is 5.32 Å². The van der Waals surface area contributed by atoms with Gasteiger partial charge in [0.05, 0.1) is 10.9 Å². The molecule has 0 spiro atoms.